The van der Waals surface area contributed by atoms with Gasteiger partial charge < -0.3 is 26.7 Å². The van der Waals surface area contributed by atoms with Crippen LogP contribution >= 0.6 is 23.4 Å². The number of benzene rings is 3. The van der Waals surface area contributed by atoms with Crippen molar-refractivity contribution in [2.45, 2.75) is 18.8 Å². The number of aromatic nitrogens is 1. The van der Waals surface area contributed by atoms with Crippen LogP contribution in [-0.4, -0.2) is 34.0 Å². The lowest BCUT2D eigenvalue weighted by molar-refractivity contribution is -0.119. The molecule has 3 amide bonds. The number of anilines is 1. The van der Waals surface area contributed by atoms with E-state index in [0.717, 1.165) is 44.6 Å². The van der Waals surface area contributed by atoms with Gasteiger partial charge in [0.15, 0.2) is 5.37 Å². The number of fused-ring (bicyclic) bond motifs is 1. The van der Waals surface area contributed by atoms with Gasteiger partial charge in [-0.15, -0.1) is 11.6 Å². The fourth-order valence-electron chi connectivity index (χ4n) is 4.91. The lowest BCUT2D eigenvalue weighted by atomic mass is 9.94. The van der Waals surface area contributed by atoms with Crippen LogP contribution in [0.2, 0.25) is 0 Å². The topological polar surface area (TPSA) is 134 Å². The number of nitrogens with two attached hydrogens (primary N) is 2. The van der Waals surface area contributed by atoms with Gasteiger partial charge >= 0.3 is 0 Å². The summed E-state index contributed by atoms with van der Waals surface area (Å²) in [6.45, 7) is 2.30. The summed E-state index contributed by atoms with van der Waals surface area (Å²) in [7, 11) is 0. The van der Waals surface area contributed by atoms with Crippen LogP contribution in [0.15, 0.2) is 72.3 Å². The molecule has 0 fully saturated rings. The number of rotatable bonds is 8. The summed E-state index contributed by atoms with van der Waals surface area (Å²) in [4.78, 5) is 41.4. The molecule has 1 aliphatic heterocycles. The number of H-pyrrole nitrogens is 1. The molecule has 4 aromatic rings. The lowest BCUT2D eigenvalue weighted by Crippen LogP contribution is -2.37. The highest BCUT2D eigenvalue weighted by atomic mass is 35.5. The Hall–Kier alpha value is -4.21. The summed E-state index contributed by atoms with van der Waals surface area (Å²) in [6, 6.07) is 19.2. The smallest absolute Gasteiger partial charge is 0.251 e. The predicted molar refractivity (Wildman–Crippen MR) is 157 cm³/mol. The van der Waals surface area contributed by atoms with E-state index in [1.54, 1.807) is 6.07 Å². The first-order valence-electron chi connectivity index (χ1n) is 12.2. The molecular formula is C29H26ClN5O3S. The molecule has 0 saturated heterocycles. The second kappa shape index (κ2) is 10.9. The maximum atomic E-state index is 12.4. The van der Waals surface area contributed by atoms with Crippen LogP contribution in [0.25, 0.3) is 33.3 Å². The number of nitrogens with one attached hydrogen (secondary N) is 2. The van der Waals surface area contributed by atoms with Crippen molar-refractivity contribution < 1.29 is 14.4 Å². The molecule has 6 N–H and O–H groups in total. The van der Waals surface area contributed by atoms with Crippen molar-refractivity contribution in [3.8, 4) is 22.4 Å². The minimum Gasteiger partial charge on any atom is -0.367 e. The van der Waals surface area contributed by atoms with Crippen molar-refractivity contribution in [1.82, 2.24) is 10.3 Å². The van der Waals surface area contributed by atoms with Crippen molar-refractivity contribution in [3.05, 3.63) is 89.0 Å². The van der Waals surface area contributed by atoms with E-state index in [1.807, 2.05) is 78.0 Å². The van der Waals surface area contributed by atoms with Crippen LogP contribution in [0, 0.1) is 6.92 Å². The molecule has 3 aromatic carbocycles. The standard InChI is InChI=1S/C29H26ClN5O3S/c1-16-18(7-4-8-24(16)35-11-12-39-29(35)28(32)38)20-9-10-21(27(31)37)26-22(20)13-23(34-26)19-6-3-2-5-17(19)15-33-25(36)14-30/h2-13,29,34H,14-15H2,1H3,(H2,31,37)(H2,32,38)(H,33,36). The van der Waals surface area contributed by atoms with Gasteiger partial charge in [-0.1, -0.05) is 54.2 Å². The Labute approximate surface area is 234 Å². The fraction of sp³-hybridized carbons (Fsp3) is 0.138. The molecule has 10 heteroatoms. The van der Waals surface area contributed by atoms with E-state index in [-0.39, 0.29) is 11.8 Å². The minimum absolute atomic E-state index is 0.121. The zero-order chi connectivity index (χ0) is 27.7. The molecule has 1 atom stereocenters. The molecule has 1 aliphatic rings. The Bertz CT molecular complexity index is 1650. The van der Waals surface area contributed by atoms with Crippen molar-refractivity contribution in [1.29, 1.82) is 0 Å². The second-order valence-corrected chi connectivity index (χ2v) is 10.4. The Morgan fingerprint density at radius 3 is 2.54 bits per heavy atom. The average molecular weight is 560 g/mol. The van der Waals surface area contributed by atoms with Gasteiger partial charge in [0, 0.05) is 35.1 Å². The SMILES string of the molecule is Cc1c(-c2ccc(C(N)=O)c3[nH]c(-c4ccccc4CNC(=O)CCl)cc23)cccc1N1C=CSC1C(N)=O. The first kappa shape index (κ1) is 26.4. The number of aromatic amines is 1. The molecule has 39 heavy (non-hydrogen) atoms. The normalized spacial score (nSPS) is 14.6. The van der Waals surface area contributed by atoms with E-state index >= 15 is 0 Å². The lowest BCUT2D eigenvalue weighted by Gasteiger charge is -2.25. The highest BCUT2D eigenvalue weighted by Gasteiger charge is 2.28. The van der Waals surface area contributed by atoms with Crippen molar-refractivity contribution in [2.75, 3.05) is 10.8 Å². The molecule has 1 unspecified atom stereocenters. The third-order valence-corrected chi connectivity index (χ3v) is 8.00. The van der Waals surface area contributed by atoms with E-state index in [9.17, 15) is 14.4 Å². The number of amides is 3. The monoisotopic (exact) mass is 559 g/mol. The quantitative estimate of drug-likeness (QED) is 0.234. The maximum Gasteiger partial charge on any atom is 0.251 e. The molecule has 8 nitrogen and oxygen atoms in total. The van der Waals surface area contributed by atoms with Crippen LogP contribution in [0.1, 0.15) is 21.5 Å². The Morgan fingerprint density at radius 1 is 1.03 bits per heavy atom. The molecule has 1 aromatic heterocycles. The summed E-state index contributed by atoms with van der Waals surface area (Å²) in [5, 5.41) is 4.96. The van der Waals surface area contributed by atoms with Crippen LogP contribution in [0.5, 0.6) is 0 Å². The number of hydrogen-bond acceptors (Lipinski definition) is 5. The molecule has 198 valence electrons. The zero-order valence-corrected chi connectivity index (χ0v) is 22.6. The van der Waals surface area contributed by atoms with E-state index < -0.39 is 17.2 Å². The van der Waals surface area contributed by atoms with E-state index in [4.69, 9.17) is 23.1 Å². The number of primary amides is 2. The average Bonchev–Trinajstić information content (AvgIpc) is 3.59. The molecule has 2 heterocycles. The number of halogens is 1. The largest absolute Gasteiger partial charge is 0.367 e. The van der Waals surface area contributed by atoms with Crippen molar-refractivity contribution in [3.63, 3.8) is 0 Å². The van der Waals surface area contributed by atoms with Crippen molar-refractivity contribution >= 4 is 57.7 Å². The van der Waals surface area contributed by atoms with Crippen LogP contribution in [0.4, 0.5) is 5.69 Å². The molecule has 0 aliphatic carbocycles. The molecule has 0 saturated carbocycles. The van der Waals surface area contributed by atoms with Gasteiger partial charge in [-0.3, -0.25) is 14.4 Å². The van der Waals surface area contributed by atoms with Gasteiger partial charge in [-0.25, -0.2) is 0 Å². The number of carbonyl (C=O) groups excluding carboxylic acids is 3. The molecular weight excluding hydrogens is 534 g/mol. The number of nitrogens with zero attached hydrogens (tertiary/aromatic N) is 1. The zero-order valence-electron chi connectivity index (χ0n) is 21.0. The predicted octanol–water partition coefficient (Wildman–Crippen LogP) is 4.60. The molecule has 0 spiro atoms. The Balaban J connectivity index is 1.65. The summed E-state index contributed by atoms with van der Waals surface area (Å²) >= 11 is 7.01. The van der Waals surface area contributed by atoms with Gasteiger partial charge in [0.05, 0.1) is 11.1 Å². The molecule has 0 bridgehead atoms. The summed E-state index contributed by atoms with van der Waals surface area (Å²) < 4.78 is 0. The minimum atomic E-state index is -0.545. The summed E-state index contributed by atoms with van der Waals surface area (Å²) in [5.74, 6) is -1.35. The third kappa shape index (κ3) is 4.98. The van der Waals surface area contributed by atoms with E-state index in [1.165, 1.54) is 11.8 Å². The number of thioether (sulfide) groups is 1. The highest BCUT2D eigenvalue weighted by Crippen LogP contribution is 2.40. The van der Waals surface area contributed by atoms with Crippen molar-refractivity contribution in [2.24, 2.45) is 11.5 Å². The third-order valence-electron chi connectivity index (χ3n) is 6.76. The van der Waals surface area contributed by atoms with Gasteiger partial charge in [0.1, 0.15) is 5.88 Å². The van der Waals surface area contributed by atoms with E-state index in [0.29, 0.717) is 17.6 Å². The second-order valence-electron chi connectivity index (χ2n) is 9.10. The Morgan fingerprint density at radius 2 is 1.79 bits per heavy atom. The number of carbonyl (C=O) groups is 3. The van der Waals surface area contributed by atoms with Gasteiger partial charge in [-0.05, 0) is 52.8 Å². The summed E-state index contributed by atoms with van der Waals surface area (Å²) in [6.07, 6.45) is 1.85. The van der Waals surface area contributed by atoms with Gasteiger partial charge in [0.25, 0.3) is 11.8 Å². The number of hydrogen-bond donors (Lipinski definition) is 4. The van der Waals surface area contributed by atoms with Crippen LogP contribution < -0.4 is 21.7 Å². The van der Waals surface area contributed by atoms with Crippen LogP contribution in [-0.2, 0) is 16.1 Å². The fourth-order valence-corrected chi connectivity index (χ4v) is 5.80. The van der Waals surface area contributed by atoms with Gasteiger partial charge in [-0.2, -0.15) is 0 Å². The van der Waals surface area contributed by atoms with E-state index in [2.05, 4.69) is 10.3 Å². The Kier molecular flexibility index (Phi) is 7.36. The maximum absolute atomic E-state index is 12.4. The molecule has 5 rings (SSSR count). The summed E-state index contributed by atoms with van der Waals surface area (Å²) in [5.41, 5.74) is 18.6. The van der Waals surface area contributed by atoms with Gasteiger partial charge in [0.2, 0.25) is 5.91 Å². The first-order valence-corrected chi connectivity index (χ1v) is 13.6. The molecule has 0 radical (unpaired) electrons. The first-order chi connectivity index (χ1) is 18.8. The number of alkyl halides is 1. The highest BCUT2D eigenvalue weighted by molar-refractivity contribution is 8.03. The van der Waals surface area contributed by atoms with Crippen LogP contribution in [0.3, 0.4) is 0 Å².